The maximum Gasteiger partial charge on any atom is 0.323 e. The molecule has 1 heterocycles. The van der Waals surface area contributed by atoms with E-state index in [-0.39, 0.29) is 24.2 Å². The van der Waals surface area contributed by atoms with Crippen LogP contribution in [0.1, 0.15) is 33.6 Å². The molecular weight excluding hydrogens is 248 g/mol. The number of esters is 1. The van der Waals surface area contributed by atoms with Gasteiger partial charge in [-0.25, -0.2) is 0 Å². The van der Waals surface area contributed by atoms with Gasteiger partial charge in [0.05, 0.1) is 19.6 Å². The largest absolute Gasteiger partial charge is 0.468 e. The Morgan fingerprint density at radius 3 is 2.58 bits per heavy atom. The Kier molecular flexibility index (Phi) is 5.47. The number of imide groups is 1. The zero-order chi connectivity index (χ0) is 14.6. The van der Waals surface area contributed by atoms with E-state index in [0.717, 1.165) is 6.42 Å². The van der Waals surface area contributed by atoms with Crippen LogP contribution in [0.4, 0.5) is 0 Å². The number of ether oxygens (including phenoxy) is 1. The molecule has 2 amide bonds. The predicted octanol–water partition coefficient (Wildman–Crippen LogP) is 0.311. The molecule has 0 spiro atoms. The van der Waals surface area contributed by atoms with E-state index in [1.54, 1.807) is 0 Å². The van der Waals surface area contributed by atoms with Gasteiger partial charge in [0.25, 0.3) is 0 Å². The predicted molar refractivity (Wildman–Crippen MR) is 69.2 cm³/mol. The summed E-state index contributed by atoms with van der Waals surface area (Å²) in [5.41, 5.74) is 0. The average molecular weight is 270 g/mol. The smallest absolute Gasteiger partial charge is 0.323 e. The first-order valence-corrected chi connectivity index (χ1v) is 6.60. The zero-order valence-electron chi connectivity index (χ0n) is 11.9. The summed E-state index contributed by atoms with van der Waals surface area (Å²) in [4.78, 5) is 36.7. The Morgan fingerprint density at radius 1 is 1.47 bits per heavy atom. The van der Waals surface area contributed by atoms with Crippen LogP contribution in [0.3, 0.4) is 0 Å². The molecule has 2 unspecified atom stereocenters. The van der Waals surface area contributed by atoms with Gasteiger partial charge in [0.15, 0.2) is 0 Å². The number of carbonyl (C=O) groups is 3. The molecule has 0 aliphatic carbocycles. The van der Waals surface area contributed by atoms with Crippen LogP contribution in [0.2, 0.25) is 0 Å². The van der Waals surface area contributed by atoms with Crippen LogP contribution in [-0.4, -0.2) is 48.4 Å². The summed E-state index contributed by atoms with van der Waals surface area (Å²) in [5, 5.41) is 2.95. The number of rotatable bonds is 6. The third-order valence-electron chi connectivity index (χ3n) is 3.19. The Bertz CT molecular complexity index is 368. The van der Waals surface area contributed by atoms with Crippen LogP contribution in [0.15, 0.2) is 0 Å². The maximum absolute atomic E-state index is 12.1. The van der Waals surface area contributed by atoms with Gasteiger partial charge in [-0.05, 0) is 12.3 Å². The molecule has 19 heavy (non-hydrogen) atoms. The van der Waals surface area contributed by atoms with Crippen molar-refractivity contribution >= 4 is 17.8 Å². The summed E-state index contributed by atoms with van der Waals surface area (Å²) in [6.07, 6.45) is 0.841. The quantitative estimate of drug-likeness (QED) is 0.555. The van der Waals surface area contributed by atoms with Crippen molar-refractivity contribution in [3.63, 3.8) is 0 Å². The molecule has 0 aromatic carbocycles. The van der Waals surface area contributed by atoms with E-state index < -0.39 is 18.1 Å². The summed E-state index contributed by atoms with van der Waals surface area (Å²) in [6, 6.07) is -1.20. The highest BCUT2D eigenvalue weighted by atomic mass is 16.5. The first kappa shape index (κ1) is 15.6. The van der Waals surface area contributed by atoms with Gasteiger partial charge in [0.1, 0.15) is 6.04 Å². The minimum Gasteiger partial charge on any atom is -0.468 e. The van der Waals surface area contributed by atoms with Crippen molar-refractivity contribution in [2.75, 3.05) is 13.7 Å². The van der Waals surface area contributed by atoms with E-state index in [9.17, 15) is 14.4 Å². The molecule has 1 rings (SSSR count). The molecule has 1 saturated heterocycles. The van der Waals surface area contributed by atoms with E-state index in [2.05, 4.69) is 5.32 Å². The minimum absolute atomic E-state index is 0.0180. The average Bonchev–Trinajstić information content (AvgIpc) is 2.62. The molecule has 108 valence electrons. The summed E-state index contributed by atoms with van der Waals surface area (Å²) < 4.78 is 4.71. The summed E-state index contributed by atoms with van der Waals surface area (Å²) in [5.74, 6) is -0.863. The molecule has 1 N–H and O–H groups in total. The lowest BCUT2D eigenvalue weighted by Crippen LogP contribution is -2.50. The van der Waals surface area contributed by atoms with Crippen LogP contribution >= 0.6 is 0 Å². The number of methoxy groups -OCH3 is 1. The molecule has 2 atom stereocenters. The highest BCUT2D eigenvalue weighted by Gasteiger charge is 2.40. The standard InChI is InChI=1S/C13H22N2O4/c1-5-6-15-10(16)7-9(12(15)17)14-11(8(2)3)13(18)19-4/h8-9,11,14H,5-7H2,1-4H3. The number of amides is 2. The van der Waals surface area contributed by atoms with E-state index in [4.69, 9.17) is 4.74 Å². The van der Waals surface area contributed by atoms with Crippen molar-refractivity contribution in [2.24, 2.45) is 5.92 Å². The lowest BCUT2D eigenvalue weighted by molar-refractivity contribution is -0.144. The van der Waals surface area contributed by atoms with Gasteiger partial charge in [0, 0.05) is 6.54 Å². The third kappa shape index (κ3) is 3.53. The number of likely N-dealkylation sites (tertiary alicyclic amines) is 1. The first-order valence-electron chi connectivity index (χ1n) is 6.60. The van der Waals surface area contributed by atoms with Gasteiger partial charge in [0.2, 0.25) is 11.8 Å². The fourth-order valence-corrected chi connectivity index (χ4v) is 2.15. The minimum atomic E-state index is -0.620. The van der Waals surface area contributed by atoms with E-state index in [1.165, 1.54) is 12.0 Å². The Balaban J connectivity index is 2.74. The second-order valence-electron chi connectivity index (χ2n) is 5.05. The number of hydrogen-bond acceptors (Lipinski definition) is 5. The van der Waals surface area contributed by atoms with Crippen molar-refractivity contribution in [1.29, 1.82) is 0 Å². The molecule has 6 nitrogen and oxygen atoms in total. The highest BCUT2D eigenvalue weighted by Crippen LogP contribution is 2.16. The maximum atomic E-state index is 12.1. The molecule has 1 aliphatic heterocycles. The SMILES string of the molecule is CCCN1C(=O)CC(NC(C(=O)OC)C(C)C)C1=O. The van der Waals surface area contributed by atoms with Crippen molar-refractivity contribution in [1.82, 2.24) is 10.2 Å². The first-order chi connectivity index (χ1) is 8.92. The van der Waals surface area contributed by atoms with Gasteiger partial charge in [-0.15, -0.1) is 0 Å². The molecule has 1 fully saturated rings. The van der Waals surface area contributed by atoms with E-state index in [1.807, 2.05) is 20.8 Å². The van der Waals surface area contributed by atoms with Crippen molar-refractivity contribution in [3.05, 3.63) is 0 Å². The fourth-order valence-electron chi connectivity index (χ4n) is 2.15. The molecular formula is C13H22N2O4. The third-order valence-corrected chi connectivity index (χ3v) is 3.19. The second-order valence-corrected chi connectivity index (χ2v) is 5.05. The van der Waals surface area contributed by atoms with Gasteiger partial charge in [-0.2, -0.15) is 0 Å². The van der Waals surface area contributed by atoms with Crippen LogP contribution in [-0.2, 0) is 19.1 Å². The van der Waals surface area contributed by atoms with Crippen LogP contribution in [0, 0.1) is 5.92 Å². The number of hydrogen-bond donors (Lipinski definition) is 1. The molecule has 0 saturated carbocycles. The van der Waals surface area contributed by atoms with Gasteiger partial charge >= 0.3 is 5.97 Å². The van der Waals surface area contributed by atoms with Crippen molar-refractivity contribution < 1.29 is 19.1 Å². The molecule has 6 heteroatoms. The number of nitrogens with one attached hydrogen (secondary N) is 1. The Labute approximate surface area is 113 Å². The Morgan fingerprint density at radius 2 is 2.11 bits per heavy atom. The number of nitrogens with zero attached hydrogens (tertiary/aromatic N) is 1. The van der Waals surface area contributed by atoms with Crippen molar-refractivity contribution in [3.8, 4) is 0 Å². The molecule has 0 radical (unpaired) electrons. The van der Waals surface area contributed by atoms with Crippen LogP contribution in [0.5, 0.6) is 0 Å². The molecule has 0 bridgehead atoms. The van der Waals surface area contributed by atoms with Crippen LogP contribution < -0.4 is 5.32 Å². The Hall–Kier alpha value is -1.43. The molecule has 0 aromatic rings. The van der Waals surface area contributed by atoms with Gasteiger partial charge < -0.3 is 4.74 Å². The lowest BCUT2D eigenvalue weighted by atomic mass is 10.0. The molecule has 0 aromatic heterocycles. The summed E-state index contributed by atoms with van der Waals surface area (Å²) >= 11 is 0. The van der Waals surface area contributed by atoms with E-state index in [0.29, 0.717) is 6.54 Å². The lowest BCUT2D eigenvalue weighted by Gasteiger charge is -2.23. The van der Waals surface area contributed by atoms with Gasteiger partial charge in [-0.3, -0.25) is 24.6 Å². The number of carbonyl (C=O) groups excluding carboxylic acids is 3. The van der Waals surface area contributed by atoms with Crippen molar-refractivity contribution in [2.45, 2.75) is 45.7 Å². The highest BCUT2D eigenvalue weighted by molar-refractivity contribution is 6.05. The summed E-state index contributed by atoms with van der Waals surface area (Å²) in [6.45, 7) is 6.06. The summed E-state index contributed by atoms with van der Waals surface area (Å²) in [7, 11) is 1.31. The zero-order valence-corrected chi connectivity index (χ0v) is 11.9. The topological polar surface area (TPSA) is 75.7 Å². The van der Waals surface area contributed by atoms with Gasteiger partial charge in [-0.1, -0.05) is 20.8 Å². The molecule has 1 aliphatic rings. The normalized spacial score (nSPS) is 21.1. The van der Waals surface area contributed by atoms with E-state index >= 15 is 0 Å². The second kappa shape index (κ2) is 6.65. The van der Waals surface area contributed by atoms with Crippen LogP contribution in [0.25, 0.3) is 0 Å². The monoisotopic (exact) mass is 270 g/mol. The fraction of sp³-hybridized carbons (Fsp3) is 0.769.